The van der Waals surface area contributed by atoms with Crippen molar-refractivity contribution in [1.29, 1.82) is 0 Å². The van der Waals surface area contributed by atoms with Gasteiger partial charge in [-0.3, -0.25) is 23.4 Å². The minimum absolute atomic E-state index is 0.102. The molecule has 0 amide bonds. The fraction of sp³-hybridized carbons (Fsp3) is 0.696. The molecule has 11 nitrogen and oxygen atoms in total. The number of aliphatic hydroxyl groups is 1. The highest BCUT2D eigenvalue weighted by atomic mass is 31.2. The van der Waals surface area contributed by atoms with Crippen LogP contribution >= 0.6 is 7.82 Å². The van der Waals surface area contributed by atoms with Crippen LogP contribution in [0.2, 0.25) is 0 Å². The third-order valence-electron chi connectivity index (χ3n) is 10.8. The Morgan fingerprint density at radius 1 is 0.426 bits per heavy atom. The Bertz CT molecular complexity index is 1460. The monoisotopic (exact) mass is 975 g/mol. The summed E-state index contributed by atoms with van der Waals surface area (Å²) < 4.78 is 39.3. The lowest BCUT2D eigenvalue weighted by Gasteiger charge is -2.21. The quantitative estimate of drug-likeness (QED) is 0.0197. The zero-order chi connectivity index (χ0) is 49.9. The number of ether oxygens (including phenoxy) is 3. The summed E-state index contributed by atoms with van der Waals surface area (Å²) in [6, 6.07) is 0. The van der Waals surface area contributed by atoms with Crippen molar-refractivity contribution in [3.63, 3.8) is 0 Å². The van der Waals surface area contributed by atoms with Crippen LogP contribution in [0.15, 0.2) is 85.1 Å². The van der Waals surface area contributed by atoms with Crippen LogP contribution in [0.5, 0.6) is 0 Å². The van der Waals surface area contributed by atoms with Crippen molar-refractivity contribution in [3.8, 4) is 0 Å². The molecule has 0 fully saturated rings. The molecule has 68 heavy (non-hydrogen) atoms. The molecule has 0 aromatic rings. The first-order valence-corrected chi connectivity index (χ1v) is 28.0. The van der Waals surface area contributed by atoms with E-state index >= 15 is 0 Å². The molecular formula is C56H95O11P. The van der Waals surface area contributed by atoms with Crippen molar-refractivity contribution in [2.75, 3.05) is 26.4 Å². The molecule has 12 heteroatoms. The van der Waals surface area contributed by atoms with Crippen LogP contribution < -0.4 is 0 Å². The second-order valence-corrected chi connectivity index (χ2v) is 18.7. The topological polar surface area (TPSA) is 155 Å². The van der Waals surface area contributed by atoms with Crippen molar-refractivity contribution >= 4 is 25.7 Å². The Hall–Kier alpha value is -3.34. The lowest BCUT2D eigenvalue weighted by molar-refractivity contribution is -0.161. The van der Waals surface area contributed by atoms with E-state index in [1.54, 1.807) is 0 Å². The van der Waals surface area contributed by atoms with Gasteiger partial charge >= 0.3 is 25.7 Å². The summed E-state index contributed by atoms with van der Waals surface area (Å²) in [5.41, 5.74) is 0. The number of aliphatic hydroxyl groups excluding tert-OH is 1. The van der Waals surface area contributed by atoms with Gasteiger partial charge in [-0.05, 0) is 77.0 Å². The molecule has 3 unspecified atom stereocenters. The van der Waals surface area contributed by atoms with Gasteiger partial charge in [0.15, 0.2) is 6.10 Å². The number of carbonyl (C=O) groups excluding carboxylic acids is 3. The smallest absolute Gasteiger partial charge is 0.462 e. The summed E-state index contributed by atoms with van der Waals surface area (Å²) in [5.74, 6) is -1.59. The number of rotatable bonds is 48. The van der Waals surface area contributed by atoms with E-state index in [1.807, 2.05) is 12.2 Å². The lowest BCUT2D eigenvalue weighted by Crippen LogP contribution is -2.30. The first-order valence-electron chi connectivity index (χ1n) is 26.5. The molecular weight excluding hydrogens is 880 g/mol. The van der Waals surface area contributed by atoms with E-state index in [0.717, 1.165) is 83.5 Å². The largest absolute Gasteiger partial charge is 0.472 e. The number of hydrogen-bond acceptors (Lipinski definition) is 10. The number of hydrogen-bond donors (Lipinski definition) is 2. The van der Waals surface area contributed by atoms with Crippen LogP contribution in [0.1, 0.15) is 213 Å². The van der Waals surface area contributed by atoms with E-state index in [0.29, 0.717) is 19.3 Å². The SMILES string of the molecule is CC/C=C\C/C=C\C/C=C\C/C=C\CCC(=O)OCC(COP(=O)(O)OCC(CO)OC(=O)CCCCC/C=C\C/C=C\C/C=C\CC)OC(=O)CCCCCCCCCCCCCCCCC. The molecule has 0 saturated heterocycles. The standard InChI is InChI=1S/C56H95O11P/c1-4-7-10-13-16-19-22-25-26-29-32-35-38-41-44-47-56(60)67-53(49-63-54(58)45-42-39-36-33-30-27-23-20-17-14-11-8-5-2)51-65-68(61,62)64-50-52(48-57)66-55(59)46-43-40-37-34-31-28-24-21-18-15-12-9-6-3/h8-9,11-12,17-18,20-21,27-28,30-31,36,39,52-53,57H,4-7,10,13-16,19,22-26,29,32-35,37-38,40-51H2,1-3H3,(H,61,62)/b11-8-,12-9-,20-17-,21-18-,30-27-,31-28-,39-36-. The van der Waals surface area contributed by atoms with Crippen LogP contribution in [0.3, 0.4) is 0 Å². The second kappa shape index (κ2) is 50.1. The molecule has 2 N–H and O–H groups in total. The molecule has 0 aromatic heterocycles. The van der Waals surface area contributed by atoms with Crippen LogP contribution in [-0.4, -0.2) is 66.5 Å². The van der Waals surface area contributed by atoms with Gasteiger partial charge in [0, 0.05) is 19.3 Å². The summed E-state index contributed by atoms with van der Waals surface area (Å²) >= 11 is 0. The van der Waals surface area contributed by atoms with Crippen LogP contribution in [0.25, 0.3) is 0 Å². The van der Waals surface area contributed by atoms with E-state index < -0.39 is 57.8 Å². The maximum atomic E-state index is 12.8. The Morgan fingerprint density at radius 3 is 1.24 bits per heavy atom. The predicted molar refractivity (Wildman–Crippen MR) is 279 cm³/mol. The molecule has 0 spiro atoms. The molecule has 390 valence electrons. The van der Waals surface area contributed by atoms with Gasteiger partial charge in [-0.1, -0.05) is 202 Å². The van der Waals surface area contributed by atoms with Gasteiger partial charge in [-0.15, -0.1) is 0 Å². The molecule has 3 atom stereocenters. The van der Waals surface area contributed by atoms with E-state index in [9.17, 15) is 28.9 Å². The fourth-order valence-corrected chi connectivity index (χ4v) is 7.64. The lowest BCUT2D eigenvalue weighted by atomic mass is 10.0. The highest BCUT2D eigenvalue weighted by Crippen LogP contribution is 2.43. The second-order valence-electron chi connectivity index (χ2n) is 17.3. The van der Waals surface area contributed by atoms with Crippen molar-refractivity contribution < 1.29 is 52.2 Å². The molecule has 0 rings (SSSR count). The summed E-state index contributed by atoms with van der Waals surface area (Å²) in [6.07, 6.45) is 55.7. The molecule has 0 saturated carbocycles. The number of phosphoric ester groups is 1. The molecule has 0 aromatic carbocycles. The van der Waals surface area contributed by atoms with Crippen LogP contribution in [0, 0.1) is 0 Å². The van der Waals surface area contributed by atoms with E-state index in [4.69, 9.17) is 23.3 Å². The summed E-state index contributed by atoms with van der Waals surface area (Å²) in [6.45, 7) is 4.29. The first-order chi connectivity index (χ1) is 33.2. The molecule has 0 aliphatic heterocycles. The Kier molecular flexibility index (Phi) is 47.6. The van der Waals surface area contributed by atoms with Gasteiger partial charge in [-0.2, -0.15) is 0 Å². The predicted octanol–water partition coefficient (Wildman–Crippen LogP) is 15.1. The molecule has 0 bridgehead atoms. The van der Waals surface area contributed by atoms with Gasteiger partial charge in [0.2, 0.25) is 0 Å². The third kappa shape index (κ3) is 47.7. The Labute approximate surface area is 413 Å². The molecule has 0 aliphatic rings. The number of esters is 3. The summed E-state index contributed by atoms with van der Waals surface area (Å²) in [4.78, 5) is 48.3. The van der Waals surface area contributed by atoms with Gasteiger partial charge < -0.3 is 24.2 Å². The molecule has 0 radical (unpaired) electrons. The fourth-order valence-electron chi connectivity index (χ4n) is 6.85. The van der Waals surface area contributed by atoms with Crippen molar-refractivity contribution in [2.45, 2.75) is 226 Å². The third-order valence-corrected chi connectivity index (χ3v) is 11.8. The Balaban J connectivity index is 4.83. The average Bonchev–Trinajstić information content (AvgIpc) is 3.32. The van der Waals surface area contributed by atoms with E-state index in [1.165, 1.54) is 70.6 Å². The number of allylic oxidation sites excluding steroid dienone is 14. The van der Waals surface area contributed by atoms with Gasteiger partial charge in [0.1, 0.15) is 12.7 Å². The Morgan fingerprint density at radius 2 is 0.794 bits per heavy atom. The van der Waals surface area contributed by atoms with Crippen LogP contribution in [0.4, 0.5) is 0 Å². The summed E-state index contributed by atoms with van der Waals surface area (Å²) in [7, 11) is -4.77. The highest BCUT2D eigenvalue weighted by Gasteiger charge is 2.28. The zero-order valence-electron chi connectivity index (χ0n) is 42.8. The van der Waals surface area contributed by atoms with Crippen LogP contribution in [-0.2, 0) is 42.2 Å². The average molecular weight is 975 g/mol. The first kappa shape index (κ1) is 64.7. The zero-order valence-corrected chi connectivity index (χ0v) is 43.7. The highest BCUT2D eigenvalue weighted by molar-refractivity contribution is 7.47. The van der Waals surface area contributed by atoms with E-state index in [-0.39, 0.29) is 25.9 Å². The normalized spacial score (nSPS) is 14.1. The summed E-state index contributed by atoms with van der Waals surface area (Å²) in [5, 5.41) is 9.77. The number of carbonyl (C=O) groups is 3. The van der Waals surface area contributed by atoms with Gasteiger partial charge in [-0.25, -0.2) is 4.57 Å². The number of unbranched alkanes of at least 4 members (excludes halogenated alkanes) is 17. The van der Waals surface area contributed by atoms with E-state index in [2.05, 4.69) is 93.7 Å². The molecule has 0 heterocycles. The maximum absolute atomic E-state index is 12.8. The van der Waals surface area contributed by atoms with Gasteiger partial charge in [0.25, 0.3) is 0 Å². The van der Waals surface area contributed by atoms with Crippen molar-refractivity contribution in [2.24, 2.45) is 0 Å². The number of phosphoric acid groups is 1. The maximum Gasteiger partial charge on any atom is 0.472 e. The van der Waals surface area contributed by atoms with Crippen molar-refractivity contribution in [3.05, 3.63) is 85.1 Å². The van der Waals surface area contributed by atoms with Gasteiger partial charge in [0.05, 0.1) is 19.8 Å². The van der Waals surface area contributed by atoms with Crippen molar-refractivity contribution in [1.82, 2.24) is 0 Å². The minimum atomic E-state index is -4.77. The molecule has 0 aliphatic carbocycles. The minimum Gasteiger partial charge on any atom is -0.462 e.